The highest BCUT2D eigenvalue weighted by atomic mass is 16.4. The van der Waals surface area contributed by atoms with Crippen molar-refractivity contribution >= 4 is 88.8 Å². The number of hydrogen-bond acceptors (Lipinski definition) is 22. The number of carbonyl (C=O) groups excluding carboxylic acids is 12. The van der Waals surface area contributed by atoms with Gasteiger partial charge in [0.2, 0.25) is 70.9 Å². The van der Waals surface area contributed by atoms with E-state index in [0.29, 0.717) is 11.3 Å². The van der Waals surface area contributed by atoms with E-state index in [1.54, 1.807) is 27.7 Å². The fourth-order valence-electron chi connectivity index (χ4n) is 9.90. The van der Waals surface area contributed by atoms with E-state index in [-0.39, 0.29) is 88.0 Å². The number of imidazole rings is 1. The van der Waals surface area contributed by atoms with Gasteiger partial charge in [-0.1, -0.05) is 39.8 Å². The molecule has 39 heteroatoms. The molecule has 13 atom stereocenters. The molecule has 550 valence electrons. The average molecular weight is 1400 g/mol. The Hall–Kier alpha value is -10.1. The molecule has 0 unspecified atom stereocenters. The molecule has 1 aliphatic heterocycles. The van der Waals surface area contributed by atoms with Gasteiger partial charge in [-0.2, -0.15) is 0 Å². The van der Waals surface area contributed by atoms with Gasteiger partial charge in [-0.15, -0.1) is 0 Å². The smallest absolute Gasteiger partial charge is 0.328 e. The lowest BCUT2D eigenvalue weighted by Gasteiger charge is -2.31. The number of nitrogens with zero attached hydrogens (tertiary/aromatic N) is 3. The number of guanidine groups is 1. The van der Waals surface area contributed by atoms with Crippen LogP contribution in [-0.2, 0) is 80.0 Å². The third kappa shape index (κ3) is 28.5. The minimum atomic E-state index is -1.94. The summed E-state index contributed by atoms with van der Waals surface area (Å²) in [6.45, 7) is 5.11. The first-order chi connectivity index (χ1) is 46.6. The molecule has 0 radical (unpaired) electrons. The van der Waals surface area contributed by atoms with Gasteiger partial charge in [0.15, 0.2) is 5.96 Å². The van der Waals surface area contributed by atoms with Crippen LogP contribution in [-0.4, -0.2) is 257 Å². The van der Waals surface area contributed by atoms with Crippen LogP contribution in [0.25, 0.3) is 0 Å². The van der Waals surface area contributed by atoms with Crippen LogP contribution in [0.3, 0.4) is 0 Å². The predicted molar refractivity (Wildman–Crippen MR) is 346 cm³/mol. The number of carboxylic acids is 2. The molecule has 0 bridgehead atoms. The van der Waals surface area contributed by atoms with E-state index in [4.69, 9.17) is 22.3 Å². The normalized spacial score (nSPS) is 16.3. The number of phenolic OH excluding ortho intramolecular Hbond substituents is 1. The number of hydrogen-bond donors (Lipinski definition) is 22. The number of carbonyl (C=O) groups is 14. The van der Waals surface area contributed by atoms with Crippen molar-refractivity contribution in [2.24, 2.45) is 34.0 Å². The van der Waals surface area contributed by atoms with Crippen LogP contribution in [0.15, 0.2) is 41.8 Å². The molecule has 1 fully saturated rings. The van der Waals surface area contributed by atoms with Crippen molar-refractivity contribution in [3.8, 4) is 5.75 Å². The number of phenols is 1. The first kappa shape index (κ1) is 83.1. The van der Waals surface area contributed by atoms with Crippen LogP contribution in [0, 0.1) is 11.8 Å². The topological polar surface area (TPSA) is 635 Å². The zero-order valence-corrected chi connectivity index (χ0v) is 55.7. The van der Waals surface area contributed by atoms with Crippen LogP contribution >= 0.6 is 0 Å². The second-order valence-corrected chi connectivity index (χ2v) is 24.4. The Bertz CT molecular complexity index is 3130. The number of benzene rings is 1. The number of aliphatic imine (C=N–C) groups is 1. The number of aromatic nitrogens is 2. The molecule has 0 aliphatic carbocycles. The summed E-state index contributed by atoms with van der Waals surface area (Å²) < 4.78 is 0. The summed E-state index contributed by atoms with van der Waals surface area (Å²) in [5.74, 6) is -16.6. The van der Waals surface area contributed by atoms with Gasteiger partial charge in [-0.25, -0.2) is 9.78 Å². The van der Waals surface area contributed by atoms with Gasteiger partial charge >= 0.3 is 11.9 Å². The number of carboxylic acid groups (broad SMARTS) is 2. The van der Waals surface area contributed by atoms with Gasteiger partial charge in [-0.05, 0) is 81.9 Å². The molecule has 25 N–H and O–H groups in total. The number of nitrogens with one attached hydrogen (secondary N) is 12. The molecule has 1 saturated heterocycles. The molecule has 3 rings (SSSR count). The molecule has 1 aromatic carbocycles. The minimum Gasteiger partial charge on any atom is -0.508 e. The predicted octanol–water partition coefficient (Wildman–Crippen LogP) is -8.73. The average Bonchev–Trinajstić information content (AvgIpc) is 1.77. The lowest BCUT2D eigenvalue weighted by molar-refractivity contribution is -0.144. The first-order valence-electron chi connectivity index (χ1n) is 31.7. The molecular formula is C60H94N18O21. The molecule has 99 heavy (non-hydrogen) atoms. The lowest BCUT2D eigenvalue weighted by atomic mass is 10.00. The summed E-state index contributed by atoms with van der Waals surface area (Å²) in [6.07, 6.45) is -0.619. The Morgan fingerprint density at radius 1 is 0.606 bits per heavy atom. The Morgan fingerprint density at radius 3 is 1.56 bits per heavy atom. The van der Waals surface area contributed by atoms with Crippen LogP contribution in [0.5, 0.6) is 5.75 Å². The second-order valence-electron chi connectivity index (χ2n) is 24.4. The van der Waals surface area contributed by atoms with Crippen molar-refractivity contribution < 1.29 is 103 Å². The number of aliphatic carboxylic acids is 2. The molecule has 12 amide bonds. The van der Waals surface area contributed by atoms with Crippen LogP contribution < -0.4 is 75.7 Å². The first-order valence-corrected chi connectivity index (χ1v) is 31.7. The number of H-pyrrole nitrogens is 1. The summed E-state index contributed by atoms with van der Waals surface area (Å²) >= 11 is 0. The van der Waals surface area contributed by atoms with Crippen molar-refractivity contribution in [3.63, 3.8) is 0 Å². The van der Waals surface area contributed by atoms with Gasteiger partial charge in [0.05, 0.1) is 51.3 Å². The zero-order valence-electron chi connectivity index (χ0n) is 55.7. The molecular weight excluding hydrogens is 1310 g/mol. The van der Waals surface area contributed by atoms with Crippen LogP contribution in [0.2, 0.25) is 0 Å². The highest BCUT2D eigenvalue weighted by molar-refractivity contribution is 6.00. The summed E-state index contributed by atoms with van der Waals surface area (Å²) in [5, 5.41) is 95.1. The number of aliphatic hydroxyl groups excluding tert-OH is 4. The van der Waals surface area contributed by atoms with Gasteiger partial charge in [0, 0.05) is 37.8 Å². The summed E-state index contributed by atoms with van der Waals surface area (Å²) in [5.41, 5.74) is 17.5. The van der Waals surface area contributed by atoms with Crippen molar-refractivity contribution in [1.29, 1.82) is 0 Å². The number of aliphatic hydroxyl groups is 4. The summed E-state index contributed by atoms with van der Waals surface area (Å²) in [6, 6.07) is -13.6. The van der Waals surface area contributed by atoms with E-state index in [0.717, 1.165) is 11.8 Å². The van der Waals surface area contributed by atoms with E-state index < -0.39 is 194 Å². The maximum absolute atomic E-state index is 14.6. The molecule has 2 heterocycles. The third-order valence-electron chi connectivity index (χ3n) is 15.1. The van der Waals surface area contributed by atoms with Gasteiger partial charge in [-0.3, -0.25) is 67.3 Å². The van der Waals surface area contributed by atoms with E-state index in [9.17, 15) is 97.8 Å². The molecule has 0 saturated carbocycles. The number of likely N-dealkylation sites (tertiary alicyclic amines) is 1. The van der Waals surface area contributed by atoms with Crippen molar-refractivity contribution in [1.82, 2.24) is 73.4 Å². The Kier molecular flexibility index (Phi) is 34.6. The SMILES string of the molecule is CC(C)C[C@H](NC(=O)[C@H](C)N)C(=O)N[C@@H](Cc1cnc[nH]1)C(=O)N[C@@H](CCCN=C(N)N)C(=O)N[C@@H](CO)C(=O)N[C@@H](Cc1ccc(O)cc1)C(=O)N[C@@H](CC(C)C)C(=O)N[C@H](C(=O)N1CCC[C@H]1C(=O)NCC(=O)N[C@@H](CC(=O)O)C(=O)N[C@@H](CO)C(=O)N[C@@H](CO)C(=O)O)[C@@H](C)O. The number of aromatic amines is 1. The Labute approximate surface area is 568 Å². The van der Waals surface area contributed by atoms with Crippen molar-refractivity contribution in [3.05, 3.63) is 48.0 Å². The Balaban J connectivity index is 1.87. The number of aromatic hydroxyl groups is 1. The monoisotopic (exact) mass is 1400 g/mol. The highest BCUT2D eigenvalue weighted by Crippen LogP contribution is 2.21. The van der Waals surface area contributed by atoms with Gasteiger partial charge in [0.1, 0.15) is 72.2 Å². The third-order valence-corrected chi connectivity index (χ3v) is 15.1. The van der Waals surface area contributed by atoms with E-state index in [2.05, 4.69) is 62.8 Å². The number of rotatable bonds is 42. The maximum Gasteiger partial charge on any atom is 0.328 e. The largest absolute Gasteiger partial charge is 0.508 e. The van der Waals surface area contributed by atoms with Crippen LogP contribution in [0.4, 0.5) is 0 Å². The summed E-state index contributed by atoms with van der Waals surface area (Å²) in [7, 11) is 0. The van der Waals surface area contributed by atoms with E-state index in [1.807, 2.05) is 10.6 Å². The van der Waals surface area contributed by atoms with Crippen LogP contribution in [0.1, 0.15) is 97.7 Å². The van der Waals surface area contributed by atoms with Gasteiger partial charge < -0.3 is 121 Å². The number of amides is 12. The minimum absolute atomic E-state index is 0.0141. The van der Waals surface area contributed by atoms with E-state index >= 15 is 0 Å². The lowest BCUT2D eigenvalue weighted by Crippen LogP contribution is -2.62. The van der Waals surface area contributed by atoms with Crippen molar-refractivity contribution in [2.75, 3.05) is 39.5 Å². The standard InChI is InChI=1S/C60H94N18O21/c1-28(2)17-36(70-48(87)30(5)61)50(89)73-39(20-33-22-64-27-67-33)52(91)69-35(9-7-15-65-60(62)63)49(88)74-41(24-79)55(94)72-38(19-32-11-13-34(83)14-12-32)51(90)71-37(18-29(3)4)54(93)77-47(31(6)82)58(97)78-16-8-10-44(78)57(96)66-23-45(84)68-40(21-46(85)86)53(92)75-42(25-80)56(95)76-43(26-81)59(98)99/h11-14,22,27-31,35-44,47,79-83H,7-10,15-21,23-26,61H2,1-6H3,(H,64,67)(H,66,96)(H,68,84)(H,69,91)(H,70,87)(H,71,90)(H,72,94)(H,73,89)(H,74,88)(H,75,92)(H,76,95)(H,77,93)(H,85,86)(H,98,99)(H4,62,63,65)/t30-,31+,35-,36-,37-,38-,39-,40-,41-,42-,43-,44-,47-/m0/s1. The van der Waals surface area contributed by atoms with Gasteiger partial charge in [0.25, 0.3) is 0 Å². The maximum atomic E-state index is 14.6. The molecule has 1 aliphatic rings. The van der Waals surface area contributed by atoms with Crippen molar-refractivity contribution in [2.45, 2.75) is 178 Å². The fraction of sp³-hybridized carbons (Fsp3) is 0.600. The number of nitrogens with two attached hydrogens (primary N) is 3. The summed E-state index contributed by atoms with van der Waals surface area (Å²) in [4.78, 5) is 200. The highest BCUT2D eigenvalue weighted by Gasteiger charge is 2.42. The molecule has 39 nitrogen and oxygen atoms in total. The Morgan fingerprint density at radius 2 is 1.07 bits per heavy atom. The fourth-order valence-corrected chi connectivity index (χ4v) is 9.90. The second kappa shape index (κ2) is 41.2. The molecule has 1 aromatic heterocycles. The zero-order chi connectivity index (χ0) is 74.4. The molecule has 2 aromatic rings. The molecule has 0 spiro atoms. The van der Waals surface area contributed by atoms with E-state index in [1.165, 1.54) is 43.7 Å². The quantitative estimate of drug-likeness (QED) is 0.0167.